The van der Waals surface area contributed by atoms with E-state index in [4.69, 9.17) is 14.5 Å². The minimum atomic E-state index is -1.20. The van der Waals surface area contributed by atoms with Gasteiger partial charge in [0.05, 0.1) is 11.3 Å². The van der Waals surface area contributed by atoms with E-state index in [9.17, 15) is 9.59 Å². The van der Waals surface area contributed by atoms with Crippen LogP contribution in [0.2, 0.25) is 25.7 Å². The first-order chi connectivity index (χ1) is 17.8. The van der Waals surface area contributed by atoms with Gasteiger partial charge in [-0.3, -0.25) is 9.79 Å². The van der Waals surface area contributed by atoms with Gasteiger partial charge in [-0.25, -0.2) is 4.79 Å². The minimum Gasteiger partial charge on any atom is -0.444 e. The average molecular weight is 545 g/mol. The van der Waals surface area contributed by atoms with Crippen molar-refractivity contribution in [2.45, 2.75) is 97.1 Å². The molecule has 2 heterocycles. The lowest BCUT2D eigenvalue weighted by Crippen LogP contribution is -2.51. The Labute approximate surface area is 230 Å². The van der Waals surface area contributed by atoms with Gasteiger partial charge in [0.15, 0.2) is 0 Å². The molecule has 1 unspecified atom stereocenters. The number of amides is 2. The van der Waals surface area contributed by atoms with Gasteiger partial charge in [0, 0.05) is 51.6 Å². The molecule has 0 spiro atoms. The van der Waals surface area contributed by atoms with Crippen LogP contribution in [-0.2, 0) is 14.3 Å². The molecule has 0 bridgehead atoms. The molecule has 1 saturated carbocycles. The number of piperidine rings is 1. The van der Waals surface area contributed by atoms with Crippen LogP contribution < -0.4 is 5.32 Å². The van der Waals surface area contributed by atoms with Crippen molar-refractivity contribution in [3.05, 3.63) is 35.8 Å². The maximum atomic E-state index is 13.6. The smallest absolute Gasteiger partial charge is 0.410 e. The van der Waals surface area contributed by atoms with Gasteiger partial charge in [0.2, 0.25) is 0 Å². The van der Waals surface area contributed by atoms with E-state index >= 15 is 0 Å². The highest BCUT2D eigenvalue weighted by atomic mass is 28.3. The SMILES string of the molecule is C=C1C(=N/C(=C\CC)C2CC2)C(C(=O)NC2CCCN(C(=O)OC(C)(C)C)C2)=CN1COCC[Si](C)(C)C. The molecule has 2 fully saturated rings. The van der Waals surface area contributed by atoms with Crippen LogP contribution in [0.4, 0.5) is 4.79 Å². The lowest BCUT2D eigenvalue weighted by Gasteiger charge is -2.34. The zero-order chi connectivity index (χ0) is 28.1. The summed E-state index contributed by atoms with van der Waals surface area (Å²) in [6.07, 6.45) is 8.39. The van der Waals surface area contributed by atoms with Gasteiger partial charge in [0.25, 0.3) is 5.91 Å². The van der Waals surface area contributed by atoms with Crippen molar-refractivity contribution in [2.24, 2.45) is 10.9 Å². The van der Waals surface area contributed by atoms with Gasteiger partial charge >= 0.3 is 6.09 Å². The monoisotopic (exact) mass is 544 g/mol. The summed E-state index contributed by atoms with van der Waals surface area (Å²) in [5.41, 5.74) is 2.28. The maximum Gasteiger partial charge on any atom is 0.410 e. The fourth-order valence-corrected chi connectivity index (χ4v) is 5.16. The predicted octanol–water partition coefficient (Wildman–Crippen LogP) is 5.67. The van der Waals surface area contributed by atoms with Crippen molar-refractivity contribution in [3.8, 4) is 0 Å². The number of nitrogens with one attached hydrogen (secondary N) is 1. The quantitative estimate of drug-likeness (QED) is 0.283. The molecule has 0 aromatic heterocycles. The van der Waals surface area contributed by atoms with Crippen molar-refractivity contribution in [3.63, 3.8) is 0 Å². The highest BCUT2D eigenvalue weighted by Gasteiger charge is 2.34. The van der Waals surface area contributed by atoms with Crippen molar-refractivity contribution in [2.75, 3.05) is 26.4 Å². The van der Waals surface area contributed by atoms with Crippen LogP contribution in [0.3, 0.4) is 0 Å². The number of likely N-dealkylation sites (tertiary alicyclic amines) is 1. The topological polar surface area (TPSA) is 83.5 Å². The van der Waals surface area contributed by atoms with Crippen LogP contribution in [0.25, 0.3) is 0 Å². The van der Waals surface area contributed by atoms with E-state index in [2.05, 4.69) is 44.5 Å². The Balaban J connectivity index is 1.73. The van der Waals surface area contributed by atoms with Crippen LogP contribution in [0.15, 0.2) is 40.8 Å². The number of carbonyl (C=O) groups is 2. The van der Waals surface area contributed by atoms with Crippen molar-refractivity contribution < 1.29 is 19.1 Å². The van der Waals surface area contributed by atoms with Gasteiger partial charge in [-0.15, -0.1) is 0 Å². The van der Waals surface area contributed by atoms with E-state index < -0.39 is 13.7 Å². The fourth-order valence-electron chi connectivity index (χ4n) is 4.41. The summed E-state index contributed by atoms with van der Waals surface area (Å²) in [6, 6.07) is 0.918. The van der Waals surface area contributed by atoms with Crippen LogP contribution in [0.5, 0.6) is 0 Å². The Morgan fingerprint density at radius 2 is 1.95 bits per heavy atom. The zero-order valence-electron chi connectivity index (χ0n) is 24.6. The fraction of sp³-hybridized carbons (Fsp3) is 0.690. The van der Waals surface area contributed by atoms with E-state index in [0.717, 1.165) is 43.8 Å². The number of aliphatic imine (C=N–C) groups is 1. The number of ether oxygens (including phenoxy) is 2. The molecular formula is C29H48N4O4Si. The molecular weight excluding hydrogens is 496 g/mol. The Morgan fingerprint density at radius 1 is 1.24 bits per heavy atom. The second kappa shape index (κ2) is 12.6. The number of hydrogen-bond acceptors (Lipinski definition) is 6. The first-order valence-electron chi connectivity index (χ1n) is 14.1. The lowest BCUT2D eigenvalue weighted by atomic mass is 10.0. The molecule has 3 aliphatic rings. The van der Waals surface area contributed by atoms with Crippen LogP contribution in [0, 0.1) is 5.92 Å². The Morgan fingerprint density at radius 3 is 2.55 bits per heavy atom. The molecule has 38 heavy (non-hydrogen) atoms. The highest BCUT2D eigenvalue weighted by Crippen LogP contribution is 2.38. The molecule has 0 aromatic carbocycles. The third-order valence-electron chi connectivity index (χ3n) is 6.69. The number of allylic oxidation sites excluding steroid dienone is 3. The summed E-state index contributed by atoms with van der Waals surface area (Å²) in [6.45, 7) is 21.0. The molecule has 2 amide bonds. The van der Waals surface area contributed by atoms with E-state index in [1.54, 1.807) is 4.90 Å². The highest BCUT2D eigenvalue weighted by molar-refractivity contribution is 6.76. The van der Waals surface area contributed by atoms with Gasteiger partial charge < -0.3 is 24.6 Å². The Kier molecular flexibility index (Phi) is 10.0. The summed E-state index contributed by atoms with van der Waals surface area (Å²) >= 11 is 0. The molecule has 0 radical (unpaired) electrons. The van der Waals surface area contributed by atoms with Crippen LogP contribution >= 0.6 is 0 Å². The maximum absolute atomic E-state index is 13.6. The van der Waals surface area contributed by atoms with Gasteiger partial charge in [-0.05, 0) is 58.9 Å². The second-order valence-corrected chi connectivity index (χ2v) is 18.4. The van der Waals surface area contributed by atoms with Crippen molar-refractivity contribution >= 4 is 25.8 Å². The van der Waals surface area contributed by atoms with Gasteiger partial charge in [-0.1, -0.05) is 39.2 Å². The number of carbonyl (C=O) groups excluding carboxylic acids is 2. The second-order valence-electron chi connectivity index (χ2n) is 12.8. The molecule has 212 valence electrons. The van der Waals surface area contributed by atoms with Gasteiger partial charge in [0.1, 0.15) is 18.0 Å². The third-order valence-corrected chi connectivity index (χ3v) is 8.39. The summed E-state index contributed by atoms with van der Waals surface area (Å²) < 4.78 is 11.5. The molecule has 0 aromatic rings. The average Bonchev–Trinajstić information content (AvgIpc) is 3.61. The molecule has 1 saturated heterocycles. The van der Waals surface area contributed by atoms with E-state index in [-0.39, 0.29) is 18.0 Å². The summed E-state index contributed by atoms with van der Waals surface area (Å²) in [5.74, 6) is 0.263. The Bertz CT molecular complexity index is 986. The largest absolute Gasteiger partial charge is 0.444 e. The van der Waals surface area contributed by atoms with E-state index in [1.807, 2.05) is 31.9 Å². The summed E-state index contributed by atoms with van der Waals surface area (Å²) in [4.78, 5) is 34.7. The van der Waals surface area contributed by atoms with Crippen LogP contribution in [-0.4, -0.2) is 73.7 Å². The summed E-state index contributed by atoms with van der Waals surface area (Å²) in [7, 11) is -1.20. The standard InChI is InChI=1S/C29H48N4O4Si/c1-9-11-25(22-13-14-22)31-26-21(2)33(20-36-16-17-38(6,7)8)19-24(26)27(34)30-23-12-10-15-32(18-23)28(35)37-29(3,4)5/h11,19,22-23H,2,9-10,12-18,20H2,1,3-8H3,(H,30,34)/b25-11-,31-26?. The molecule has 1 N–H and O–H groups in total. The molecule has 1 aliphatic carbocycles. The van der Waals surface area contributed by atoms with Gasteiger partial charge in [-0.2, -0.15) is 0 Å². The zero-order valence-corrected chi connectivity index (χ0v) is 25.6. The molecule has 2 aliphatic heterocycles. The normalized spacial score (nSPS) is 22.1. The van der Waals surface area contributed by atoms with E-state index in [0.29, 0.717) is 49.3 Å². The summed E-state index contributed by atoms with van der Waals surface area (Å²) in [5, 5.41) is 3.16. The van der Waals surface area contributed by atoms with Crippen LogP contribution in [0.1, 0.15) is 59.8 Å². The number of nitrogens with zero attached hydrogens (tertiary/aromatic N) is 3. The number of rotatable bonds is 10. The molecule has 9 heteroatoms. The van der Waals surface area contributed by atoms with E-state index in [1.165, 1.54) is 0 Å². The minimum absolute atomic E-state index is 0.157. The first kappa shape index (κ1) is 30.2. The molecule has 3 rings (SSSR count). The lowest BCUT2D eigenvalue weighted by molar-refractivity contribution is -0.118. The molecule has 8 nitrogen and oxygen atoms in total. The number of hydrogen-bond donors (Lipinski definition) is 1. The molecule has 1 atom stereocenters. The Hall–Kier alpha value is -2.39. The third kappa shape index (κ3) is 9.12. The van der Waals surface area contributed by atoms with Crippen molar-refractivity contribution in [1.82, 2.24) is 15.1 Å². The van der Waals surface area contributed by atoms with Crippen molar-refractivity contribution in [1.29, 1.82) is 0 Å². The first-order valence-corrected chi connectivity index (χ1v) is 17.8. The predicted molar refractivity (Wildman–Crippen MR) is 156 cm³/mol.